The molecular weight excluding hydrogens is 414 g/mol. The van der Waals surface area contributed by atoms with Crippen LogP contribution in [0, 0.1) is 0 Å². The first kappa shape index (κ1) is 23.6. The maximum absolute atomic E-state index is 13.0. The summed E-state index contributed by atoms with van der Waals surface area (Å²) in [4.78, 5) is 15.1. The molecule has 1 aliphatic heterocycles. The number of phenolic OH excluding ortho intramolecular Hbond substituents is 1. The zero-order valence-electron chi connectivity index (χ0n) is 18.8. The number of phenols is 1. The Labute approximate surface area is 187 Å². The number of allylic oxidation sites excluding steroid dienone is 1. The van der Waals surface area contributed by atoms with Gasteiger partial charge in [0.2, 0.25) is 5.78 Å². The van der Waals surface area contributed by atoms with Crippen LogP contribution >= 0.6 is 0 Å². The molecule has 3 rings (SSSR count). The summed E-state index contributed by atoms with van der Waals surface area (Å²) in [5.74, 6) is 1.54. The molecule has 1 N–H and O–H groups in total. The number of carbonyl (C=O) groups is 1. The fourth-order valence-electron chi connectivity index (χ4n) is 3.48. The fraction of sp³-hybridized carbons (Fsp3) is 0.375. The van der Waals surface area contributed by atoms with Crippen LogP contribution in [-0.2, 0) is 16.0 Å². The number of rotatable bonds is 11. The number of hydrogen-bond donors (Lipinski definition) is 1. The first-order valence-electron chi connectivity index (χ1n) is 10.2. The van der Waals surface area contributed by atoms with E-state index in [0.29, 0.717) is 66.8 Å². The third-order valence-electron chi connectivity index (χ3n) is 5.24. The van der Waals surface area contributed by atoms with Crippen LogP contribution in [0.5, 0.6) is 23.0 Å². The van der Waals surface area contributed by atoms with Gasteiger partial charge in [-0.3, -0.25) is 9.69 Å². The minimum Gasteiger partial charge on any atom is -0.507 e. The lowest BCUT2D eigenvalue weighted by Gasteiger charge is -2.23. The number of methoxy groups -OCH3 is 4. The second kappa shape index (κ2) is 11.0. The summed E-state index contributed by atoms with van der Waals surface area (Å²) >= 11 is 0. The number of aromatic hydroxyl groups is 1. The van der Waals surface area contributed by atoms with Crippen molar-refractivity contribution in [2.45, 2.75) is 6.54 Å². The van der Waals surface area contributed by atoms with E-state index < -0.39 is 0 Å². The van der Waals surface area contributed by atoms with Crippen molar-refractivity contribution < 1.29 is 33.6 Å². The van der Waals surface area contributed by atoms with Crippen molar-refractivity contribution in [1.29, 1.82) is 0 Å². The van der Waals surface area contributed by atoms with Gasteiger partial charge in [-0.25, -0.2) is 0 Å². The Balaban J connectivity index is 1.94. The molecule has 172 valence electrons. The molecule has 0 saturated carbocycles. The van der Waals surface area contributed by atoms with Gasteiger partial charge in [-0.2, -0.15) is 0 Å². The maximum atomic E-state index is 13.0. The first-order valence-corrected chi connectivity index (χ1v) is 10.2. The van der Waals surface area contributed by atoms with Crippen molar-refractivity contribution in [3.8, 4) is 23.0 Å². The Kier molecular flexibility index (Phi) is 8.10. The van der Waals surface area contributed by atoms with E-state index in [1.807, 2.05) is 0 Å². The SMILES string of the molecule is COCCN(CCOC)Cc1c(O)ccc2c1OC(=Cc1cc(OC)ccc1OC)C2=O. The van der Waals surface area contributed by atoms with Crippen LogP contribution in [-0.4, -0.2) is 70.5 Å². The summed E-state index contributed by atoms with van der Waals surface area (Å²) in [6.45, 7) is 2.71. The smallest absolute Gasteiger partial charge is 0.231 e. The highest BCUT2D eigenvalue weighted by atomic mass is 16.5. The second-order valence-electron chi connectivity index (χ2n) is 7.25. The average molecular weight is 443 g/mol. The van der Waals surface area contributed by atoms with Crippen molar-refractivity contribution >= 4 is 11.9 Å². The van der Waals surface area contributed by atoms with Gasteiger partial charge in [0, 0.05) is 39.4 Å². The quantitative estimate of drug-likeness (QED) is 0.530. The molecule has 8 heteroatoms. The van der Waals surface area contributed by atoms with E-state index in [4.69, 9.17) is 23.7 Å². The van der Waals surface area contributed by atoms with Gasteiger partial charge >= 0.3 is 0 Å². The van der Waals surface area contributed by atoms with Crippen molar-refractivity contribution in [3.63, 3.8) is 0 Å². The molecule has 2 aromatic rings. The summed E-state index contributed by atoms with van der Waals surface area (Å²) in [5.41, 5.74) is 1.60. The molecule has 1 heterocycles. The first-order chi connectivity index (χ1) is 15.5. The summed E-state index contributed by atoms with van der Waals surface area (Å²) in [6.07, 6.45) is 1.62. The highest BCUT2D eigenvalue weighted by Crippen LogP contribution is 2.40. The number of benzene rings is 2. The fourth-order valence-corrected chi connectivity index (χ4v) is 3.48. The third-order valence-corrected chi connectivity index (χ3v) is 5.24. The van der Waals surface area contributed by atoms with Crippen LogP contribution in [0.15, 0.2) is 36.1 Å². The Morgan fingerprint density at radius 2 is 1.72 bits per heavy atom. The maximum Gasteiger partial charge on any atom is 0.231 e. The lowest BCUT2D eigenvalue weighted by atomic mass is 10.0. The zero-order chi connectivity index (χ0) is 23.1. The Bertz CT molecular complexity index is 979. The van der Waals surface area contributed by atoms with Crippen LogP contribution in [0.25, 0.3) is 6.08 Å². The number of carbonyl (C=O) groups excluding carboxylic acids is 1. The Hall–Kier alpha value is -3.07. The van der Waals surface area contributed by atoms with Gasteiger partial charge in [-0.15, -0.1) is 0 Å². The Morgan fingerprint density at radius 3 is 2.34 bits per heavy atom. The molecule has 32 heavy (non-hydrogen) atoms. The predicted molar refractivity (Wildman–Crippen MR) is 120 cm³/mol. The van der Waals surface area contributed by atoms with Gasteiger partial charge in [0.1, 0.15) is 23.0 Å². The lowest BCUT2D eigenvalue weighted by molar-refractivity contribution is 0.101. The minimum absolute atomic E-state index is 0.0663. The van der Waals surface area contributed by atoms with Gasteiger partial charge in [0.25, 0.3) is 0 Å². The van der Waals surface area contributed by atoms with Crippen molar-refractivity contribution in [2.24, 2.45) is 0 Å². The summed E-state index contributed by atoms with van der Waals surface area (Å²) in [5, 5.41) is 10.6. The molecule has 1 aliphatic rings. The number of fused-ring (bicyclic) bond motifs is 1. The number of nitrogens with zero attached hydrogens (tertiary/aromatic N) is 1. The zero-order valence-corrected chi connectivity index (χ0v) is 18.8. The van der Waals surface area contributed by atoms with E-state index in [-0.39, 0.29) is 17.3 Å². The molecule has 0 radical (unpaired) electrons. The number of ether oxygens (including phenoxy) is 5. The van der Waals surface area contributed by atoms with Gasteiger partial charge in [-0.05, 0) is 36.4 Å². The second-order valence-corrected chi connectivity index (χ2v) is 7.25. The summed E-state index contributed by atoms with van der Waals surface area (Å²) in [7, 11) is 6.40. The van der Waals surface area contributed by atoms with Gasteiger partial charge in [0.15, 0.2) is 5.76 Å². The van der Waals surface area contributed by atoms with E-state index in [0.717, 1.165) is 0 Å². The van der Waals surface area contributed by atoms with Crippen LogP contribution in [0.1, 0.15) is 21.5 Å². The summed E-state index contributed by atoms with van der Waals surface area (Å²) < 4.78 is 27.1. The third kappa shape index (κ3) is 5.21. The number of hydrogen-bond acceptors (Lipinski definition) is 8. The highest BCUT2D eigenvalue weighted by Gasteiger charge is 2.32. The molecule has 0 unspecified atom stereocenters. The topological polar surface area (TPSA) is 86.7 Å². The largest absolute Gasteiger partial charge is 0.507 e. The van der Waals surface area contributed by atoms with Crippen LogP contribution in [0.4, 0.5) is 0 Å². The molecule has 0 fully saturated rings. The normalized spacial score (nSPS) is 14.0. The lowest BCUT2D eigenvalue weighted by Crippen LogP contribution is -2.30. The standard InChI is InChI=1S/C24H29NO7/c1-28-11-9-25(10-12-29-2)15-19-20(26)7-6-18-23(27)22(32-24(18)19)14-16-13-17(30-3)5-8-21(16)31-4/h5-8,13-14,26H,9-12,15H2,1-4H3. The van der Waals surface area contributed by atoms with Crippen molar-refractivity contribution in [2.75, 3.05) is 54.7 Å². The van der Waals surface area contributed by atoms with Crippen LogP contribution in [0.2, 0.25) is 0 Å². The van der Waals surface area contributed by atoms with Crippen molar-refractivity contribution in [1.82, 2.24) is 4.90 Å². The Morgan fingerprint density at radius 1 is 1.00 bits per heavy atom. The average Bonchev–Trinajstić information content (AvgIpc) is 3.12. The molecule has 0 saturated heterocycles. The molecule has 0 spiro atoms. The van der Waals surface area contributed by atoms with Crippen molar-refractivity contribution in [3.05, 3.63) is 52.8 Å². The predicted octanol–water partition coefficient (Wildman–Crippen LogP) is 3.12. The van der Waals surface area contributed by atoms with E-state index in [1.54, 1.807) is 58.8 Å². The highest BCUT2D eigenvalue weighted by molar-refractivity contribution is 6.15. The van der Waals surface area contributed by atoms with Crippen LogP contribution < -0.4 is 14.2 Å². The molecule has 0 aliphatic carbocycles. The molecule has 0 atom stereocenters. The molecule has 2 aromatic carbocycles. The van der Waals surface area contributed by atoms with Gasteiger partial charge in [-0.1, -0.05) is 0 Å². The molecular formula is C24H29NO7. The monoisotopic (exact) mass is 443 g/mol. The van der Waals surface area contributed by atoms with E-state index >= 15 is 0 Å². The number of ketones is 1. The van der Waals surface area contributed by atoms with Gasteiger partial charge < -0.3 is 28.8 Å². The molecule has 0 bridgehead atoms. The summed E-state index contributed by atoms with van der Waals surface area (Å²) in [6, 6.07) is 8.40. The van der Waals surface area contributed by atoms with E-state index in [1.165, 1.54) is 6.07 Å². The molecule has 0 aromatic heterocycles. The molecule has 0 amide bonds. The number of Topliss-reactive ketones (excluding diaryl/α,β-unsaturated/α-hetero) is 1. The van der Waals surface area contributed by atoms with E-state index in [2.05, 4.69) is 4.90 Å². The van der Waals surface area contributed by atoms with E-state index in [9.17, 15) is 9.90 Å². The minimum atomic E-state index is -0.258. The van der Waals surface area contributed by atoms with Gasteiger partial charge in [0.05, 0.1) is 38.6 Å². The molecule has 8 nitrogen and oxygen atoms in total. The van der Waals surface area contributed by atoms with Crippen LogP contribution in [0.3, 0.4) is 0 Å².